The normalized spacial score (nSPS) is 17.1. The van der Waals surface area contributed by atoms with Crippen molar-refractivity contribution in [1.82, 2.24) is 30.5 Å². The van der Waals surface area contributed by atoms with E-state index in [-0.39, 0.29) is 24.0 Å². The van der Waals surface area contributed by atoms with E-state index in [1.54, 1.807) is 44.5 Å². The minimum Gasteiger partial charge on any atom is -0.495 e. The van der Waals surface area contributed by atoms with Crippen LogP contribution in [-0.4, -0.2) is 91.3 Å². The Morgan fingerprint density at radius 2 is 1.86 bits per heavy atom. The number of H-pyrrole nitrogens is 1. The molecular formula is C30H33N7O5. The first-order valence-electron chi connectivity index (χ1n) is 13.8. The predicted octanol–water partition coefficient (Wildman–Crippen LogP) is 2.95. The van der Waals surface area contributed by atoms with Crippen LogP contribution in [0.3, 0.4) is 0 Å². The molecule has 0 bridgehead atoms. The highest BCUT2D eigenvalue weighted by atomic mass is 16.5. The van der Waals surface area contributed by atoms with Gasteiger partial charge in [-0.3, -0.25) is 9.59 Å². The molecule has 2 fully saturated rings. The van der Waals surface area contributed by atoms with Crippen LogP contribution in [0.25, 0.3) is 22.2 Å². The maximum absolute atomic E-state index is 12.8. The molecule has 0 saturated carbocycles. The monoisotopic (exact) mass is 571 g/mol. The second-order valence-corrected chi connectivity index (χ2v) is 10.5. The number of likely N-dealkylation sites (N-methyl/N-ethyl adjacent to an activating group) is 1. The number of likely N-dealkylation sites (tertiary alicyclic amines) is 1. The molecule has 12 nitrogen and oxygen atoms in total. The molecule has 0 aliphatic carbocycles. The highest BCUT2D eigenvalue weighted by molar-refractivity contribution is 5.99. The van der Waals surface area contributed by atoms with Gasteiger partial charge in [0.15, 0.2) is 0 Å². The number of methoxy groups -OCH3 is 1. The molecule has 2 aliphatic rings. The lowest BCUT2D eigenvalue weighted by atomic mass is 10.0. The highest BCUT2D eigenvalue weighted by Gasteiger charge is 2.26. The molecule has 0 spiro atoms. The molecule has 2 amide bonds. The van der Waals surface area contributed by atoms with Gasteiger partial charge < -0.3 is 40.0 Å². The number of carbonyl (C=O) groups is 2. The lowest BCUT2D eigenvalue weighted by molar-refractivity contribution is 0.0857. The molecule has 0 radical (unpaired) electrons. The van der Waals surface area contributed by atoms with Crippen molar-refractivity contribution in [3.8, 4) is 22.8 Å². The van der Waals surface area contributed by atoms with Crippen molar-refractivity contribution in [2.45, 2.75) is 18.6 Å². The van der Waals surface area contributed by atoms with Crippen LogP contribution in [0.2, 0.25) is 0 Å². The Labute approximate surface area is 242 Å². The van der Waals surface area contributed by atoms with Crippen molar-refractivity contribution >= 4 is 34.5 Å². The first kappa shape index (κ1) is 27.5. The van der Waals surface area contributed by atoms with Gasteiger partial charge in [-0.2, -0.15) is 9.97 Å². The Morgan fingerprint density at radius 3 is 2.55 bits per heavy atom. The molecule has 2 saturated heterocycles. The van der Waals surface area contributed by atoms with Crippen molar-refractivity contribution in [2.24, 2.45) is 0 Å². The van der Waals surface area contributed by atoms with Gasteiger partial charge >= 0.3 is 0 Å². The summed E-state index contributed by atoms with van der Waals surface area (Å²) in [6.07, 6.45) is 2.46. The first-order valence-corrected chi connectivity index (χ1v) is 13.8. The summed E-state index contributed by atoms with van der Waals surface area (Å²) in [5.74, 6) is 0.886. The van der Waals surface area contributed by atoms with Gasteiger partial charge in [-0.15, -0.1) is 0 Å². The number of nitrogens with zero attached hydrogens (tertiary/aromatic N) is 3. The second kappa shape index (κ2) is 11.7. The van der Waals surface area contributed by atoms with Crippen LogP contribution in [0.5, 0.6) is 11.6 Å². The summed E-state index contributed by atoms with van der Waals surface area (Å²) in [4.78, 5) is 39.6. The number of aromatic amines is 1. The van der Waals surface area contributed by atoms with E-state index in [0.29, 0.717) is 53.3 Å². The molecule has 1 atom stereocenters. The number of hydrogen-bond acceptors (Lipinski definition) is 9. The van der Waals surface area contributed by atoms with Gasteiger partial charge in [0.1, 0.15) is 17.5 Å². The lowest BCUT2D eigenvalue weighted by Gasteiger charge is -2.36. The smallest absolute Gasteiger partial charge is 0.251 e. The van der Waals surface area contributed by atoms with Gasteiger partial charge in [0.05, 0.1) is 37.4 Å². The summed E-state index contributed by atoms with van der Waals surface area (Å²) >= 11 is 0. The zero-order valence-corrected chi connectivity index (χ0v) is 23.7. The Morgan fingerprint density at radius 1 is 1.07 bits per heavy atom. The summed E-state index contributed by atoms with van der Waals surface area (Å²) in [6, 6.07) is 12.7. The van der Waals surface area contributed by atoms with E-state index in [0.717, 1.165) is 36.0 Å². The SMILES string of the molecule is CNC(=O)c1ccc(-c2c[nH]c3nc(Nc4ccc(C(=O)NC5CN(C)C5)cc4OC)nc(O[C@H]4CCOC4)c23)cc1. The number of benzene rings is 2. The Kier molecular flexibility index (Phi) is 7.64. The van der Waals surface area contributed by atoms with E-state index < -0.39 is 0 Å². The Hall–Kier alpha value is -4.68. The zero-order valence-electron chi connectivity index (χ0n) is 23.7. The van der Waals surface area contributed by atoms with Crippen LogP contribution in [0, 0.1) is 0 Å². The second-order valence-electron chi connectivity index (χ2n) is 10.5. The maximum atomic E-state index is 12.8. The van der Waals surface area contributed by atoms with Gasteiger partial charge in [0, 0.05) is 49.4 Å². The van der Waals surface area contributed by atoms with E-state index >= 15 is 0 Å². The maximum Gasteiger partial charge on any atom is 0.251 e. The molecule has 218 valence electrons. The molecule has 4 aromatic rings. The number of amides is 2. The zero-order chi connectivity index (χ0) is 29.2. The highest BCUT2D eigenvalue weighted by Crippen LogP contribution is 2.37. The van der Waals surface area contributed by atoms with E-state index in [1.807, 2.05) is 25.4 Å². The molecule has 12 heteroatoms. The molecular weight excluding hydrogens is 538 g/mol. The predicted molar refractivity (Wildman–Crippen MR) is 158 cm³/mol. The number of hydrogen-bond donors (Lipinski definition) is 4. The summed E-state index contributed by atoms with van der Waals surface area (Å²) in [5.41, 5.74) is 3.98. The van der Waals surface area contributed by atoms with Crippen LogP contribution in [0.15, 0.2) is 48.7 Å². The summed E-state index contributed by atoms with van der Waals surface area (Å²) < 4.78 is 17.5. The lowest BCUT2D eigenvalue weighted by Crippen LogP contribution is -2.57. The minimum absolute atomic E-state index is 0.142. The van der Waals surface area contributed by atoms with Gasteiger partial charge in [-0.25, -0.2) is 0 Å². The average molecular weight is 572 g/mol. The third kappa shape index (κ3) is 5.58. The van der Waals surface area contributed by atoms with Crippen LogP contribution >= 0.6 is 0 Å². The number of carbonyl (C=O) groups excluding carboxylic acids is 2. The van der Waals surface area contributed by atoms with E-state index in [4.69, 9.17) is 24.2 Å². The summed E-state index contributed by atoms with van der Waals surface area (Å²) in [5, 5.41) is 9.63. The molecule has 6 rings (SSSR count). The molecule has 4 N–H and O–H groups in total. The third-order valence-corrected chi connectivity index (χ3v) is 7.46. The van der Waals surface area contributed by atoms with Crippen LogP contribution in [-0.2, 0) is 4.74 Å². The van der Waals surface area contributed by atoms with Crippen molar-refractivity contribution in [3.05, 3.63) is 59.8 Å². The minimum atomic E-state index is -0.153. The number of nitrogens with one attached hydrogen (secondary N) is 4. The fraction of sp³-hybridized carbons (Fsp3) is 0.333. The van der Waals surface area contributed by atoms with E-state index in [9.17, 15) is 9.59 Å². The van der Waals surface area contributed by atoms with Gasteiger partial charge in [0.25, 0.3) is 11.8 Å². The number of ether oxygens (including phenoxy) is 3. The van der Waals surface area contributed by atoms with Crippen LogP contribution in [0.1, 0.15) is 27.1 Å². The van der Waals surface area contributed by atoms with Crippen molar-refractivity contribution in [1.29, 1.82) is 0 Å². The molecule has 4 heterocycles. The largest absolute Gasteiger partial charge is 0.495 e. The van der Waals surface area contributed by atoms with E-state index in [1.165, 1.54) is 0 Å². The number of fused-ring (bicyclic) bond motifs is 1. The molecule has 0 unspecified atom stereocenters. The van der Waals surface area contributed by atoms with Gasteiger partial charge in [-0.1, -0.05) is 12.1 Å². The standard InChI is InChI=1S/C30H33N7O5/c1-31-27(38)18-6-4-17(5-7-18)22-13-32-26-25(22)29(42-21-10-11-41-16-21)36-30(35-26)34-23-9-8-19(12-24(23)40-3)28(39)33-20-14-37(2)15-20/h4-9,12-13,20-21H,10-11,14-16H2,1-3H3,(H,31,38)(H,33,39)(H2,32,34,35,36)/t21-/m0/s1. The molecule has 2 aliphatic heterocycles. The topological polar surface area (TPSA) is 143 Å². The summed E-state index contributed by atoms with van der Waals surface area (Å²) in [6.45, 7) is 2.77. The fourth-order valence-electron chi connectivity index (χ4n) is 5.19. The van der Waals surface area contributed by atoms with Gasteiger partial charge in [-0.05, 0) is 42.9 Å². The number of rotatable bonds is 9. The van der Waals surface area contributed by atoms with Crippen LogP contribution in [0.4, 0.5) is 11.6 Å². The van der Waals surface area contributed by atoms with Crippen LogP contribution < -0.4 is 25.4 Å². The summed E-state index contributed by atoms with van der Waals surface area (Å²) in [7, 11) is 5.17. The van der Waals surface area contributed by atoms with Crippen molar-refractivity contribution < 1.29 is 23.8 Å². The molecule has 2 aromatic carbocycles. The third-order valence-electron chi connectivity index (χ3n) is 7.46. The number of anilines is 2. The van der Waals surface area contributed by atoms with Gasteiger partial charge in [0.2, 0.25) is 11.8 Å². The van der Waals surface area contributed by atoms with E-state index in [2.05, 4.69) is 25.8 Å². The fourth-order valence-corrected chi connectivity index (χ4v) is 5.19. The molecule has 42 heavy (non-hydrogen) atoms. The average Bonchev–Trinajstić information content (AvgIpc) is 3.66. The quantitative estimate of drug-likeness (QED) is 0.238. The number of aromatic nitrogens is 3. The Bertz CT molecular complexity index is 1610. The van der Waals surface area contributed by atoms with Crippen molar-refractivity contribution in [3.63, 3.8) is 0 Å². The Balaban J connectivity index is 1.31. The van der Waals surface area contributed by atoms with Crippen molar-refractivity contribution in [2.75, 3.05) is 52.8 Å². The first-order chi connectivity index (χ1) is 20.4. The molecule has 2 aromatic heterocycles.